The van der Waals surface area contributed by atoms with Gasteiger partial charge in [0.15, 0.2) is 0 Å². The van der Waals surface area contributed by atoms with Crippen LogP contribution in [-0.2, 0) is 32.3 Å². The van der Waals surface area contributed by atoms with Crippen LogP contribution in [0.3, 0.4) is 0 Å². The van der Waals surface area contributed by atoms with E-state index in [1.54, 1.807) is 6.26 Å². The average Bonchev–Trinajstić information content (AvgIpc) is 2.86. The summed E-state index contributed by atoms with van der Waals surface area (Å²) in [4.78, 5) is 36.7. The second-order valence-electron chi connectivity index (χ2n) is 7.61. The Bertz CT molecular complexity index is 881. The number of aliphatic hydroxyl groups is 1. The first-order chi connectivity index (χ1) is 16.5. The second kappa shape index (κ2) is 15.7. The van der Waals surface area contributed by atoms with E-state index < -0.39 is 30.1 Å². The van der Waals surface area contributed by atoms with E-state index in [0.29, 0.717) is 25.8 Å². The number of hydrogen-bond acceptors (Lipinski definition) is 7. The number of unbranched alkanes of at least 4 members (excludes halogenated alkanes) is 1. The molecule has 0 spiro atoms. The zero-order chi connectivity index (χ0) is 24.6. The Hall–Kier alpha value is -3.04. The third kappa shape index (κ3) is 10.7. The van der Waals surface area contributed by atoms with Gasteiger partial charge in [-0.15, -0.1) is 0 Å². The maximum absolute atomic E-state index is 12.6. The summed E-state index contributed by atoms with van der Waals surface area (Å²) in [5.41, 5.74) is 1.73. The van der Waals surface area contributed by atoms with Gasteiger partial charge in [-0.25, -0.2) is 9.59 Å². The predicted molar refractivity (Wildman–Crippen MR) is 131 cm³/mol. The maximum atomic E-state index is 12.6. The van der Waals surface area contributed by atoms with E-state index in [1.165, 1.54) is 11.8 Å². The minimum atomic E-state index is -1.21. The van der Waals surface area contributed by atoms with Crippen molar-refractivity contribution in [3.8, 4) is 0 Å². The molecule has 0 radical (unpaired) electrons. The summed E-state index contributed by atoms with van der Waals surface area (Å²) in [7, 11) is 0. The van der Waals surface area contributed by atoms with Crippen LogP contribution in [0.15, 0.2) is 60.7 Å². The molecule has 2 rings (SSSR count). The molecule has 2 aromatic carbocycles. The van der Waals surface area contributed by atoms with E-state index in [0.717, 1.165) is 11.1 Å². The number of ether oxygens (including phenoxy) is 2. The van der Waals surface area contributed by atoms with Crippen molar-refractivity contribution in [2.75, 3.05) is 18.6 Å². The van der Waals surface area contributed by atoms with Crippen molar-refractivity contribution >= 4 is 29.7 Å². The largest absolute Gasteiger partial charge is 0.459 e. The molecule has 34 heavy (non-hydrogen) atoms. The van der Waals surface area contributed by atoms with Crippen LogP contribution in [-0.4, -0.2) is 53.8 Å². The first-order valence-electron chi connectivity index (χ1n) is 11.1. The predicted octanol–water partition coefficient (Wildman–Crippen LogP) is 3.04. The first kappa shape index (κ1) is 27.2. The third-order valence-corrected chi connectivity index (χ3v) is 5.50. The number of carbonyl (C=O) groups is 3. The molecule has 2 amide bonds. The molecule has 0 saturated heterocycles. The van der Waals surface area contributed by atoms with Gasteiger partial charge in [-0.05, 0) is 36.6 Å². The number of esters is 1. The molecule has 8 nitrogen and oxygen atoms in total. The van der Waals surface area contributed by atoms with Gasteiger partial charge in [-0.1, -0.05) is 60.7 Å². The molecule has 3 N–H and O–H groups in total. The fourth-order valence-electron chi connectivity index (χ4n) is 3.02. The van der Waals surface area contributed by atoms with Gasteiger partial charge >= 0.3 is 12.1 Å². The topological polar surface area (TPSA) is 114 Å². The zero-order valence-corrected chi connectivity index (χ0v) is 20.1. The van der Waals surface area contributed by atoms with Gasteiger partial charge in [0.05, 0.1) is 0 Å². The van der Waals surface area contributed by atoms with Gasteiger partial charge in [0, 0.05) is 12.3 Å². The van der Waals surface area contributed by atoms with Crippen molar-refractivity contribution in [1.29, 1.82) is 0 Å². The number of amides is 2. The van der Waals surface area contributed by atoms with Gasteiger partial charge in [-0.3, -0.25) is 4.79 Å². The fraction of sp³-hybridized carbons (Fsp3) is 0.400. The molecule has 2 aromatic rings. The molecule has 0 aromatic heterocycles. The van der Waals surface area contributed by atoms with Crippen LogP contribution < -0.4 is 10.6 Å². The number of rotatable bonds is 14. The summed E-state index contributed by atoms with van der Waals surface area (Å²) in [5.74, 6) is -0.950. The van der Waals surface area contributed by atoms with Crippen molar-refractivity contribution in [3.05, 3.63) is 71.8 Å². The lowest BCUT2D eigenvalue weighted by atomic mass is 10.1. The highest BCUT2D eigenvalue weighted by Crippen LogP contribution is 2.08. The Kier molecular flexibility index (Phi) is 12.6. The SMILES string of the molecule is CSCC(O)C(=O)N[C@@H](CCCCNC(=O)OCc1ccccc1)C(=O)OCc1ccccc1. The number of alkyl carbamates (subject to hydrolysis) is 1. The van der Waals surface area contributed by atoms with Gasteiger partial charge in [-0.2, -0.15) is 11.8 Å². The molecule has 184 valence electrons. The van der Waals surface area contributed by atoms with Crippen LogP contribution in [0.2, 0.25) is 0 Å². The maximum Gasteiger partial charge on any atom is 0.407 e. The lowest BCUT2D eigenvalue weighted by Gasteiger charge is -2.19. The normalized spacial score (nSPS) is 12.3. The second-order valence-corrected chi connectivity index (χ2v) is 8.52. The lowest BCUT2D eigenvalue weighted by molar-refractivity contribution is -0.150. The van der Waals surface area contributed by atoms with Crippen LogP contribution >= 0.6 is 11.8 Å². The summed E-state index contributed by atoms with van der Waals surface area (Å²) < 4.78 is 10.5. The molecule has 1 unspecified atom stereocenters. The summed E-state index contributed by atoms with van der Waals surface area (Å²) in [6.45, 7) is 0.642. The Morgan fingerprint density at radius 1 is 0.912 bits per heavy atom. The molecule has 0 bridgehead atoms. The van der Waals surface area contributed by atoms with Crippen LogP contribution in [0, 0.1) is 0 Å². The van der Waals surface area contributed by atoms with Crippen molar-refractivity contribution in [2.45, 2.75) is 44.6 Å². The summed E-state index contributed by atoms with van der Waals surface area (Å²) >= 11 is 1.33. The molecule has 0 saturated carbocycles. The molecule has 2 atom stereocenters. The Labute approximate surface area is 204 Å². The Balaban J connectivity index is 1.76. The average molecular weight is 489 g/mol. The standard InChI is InChI=1S/C25H32N2O6S/c1-34-18-22(28)23(29)27-21(24(30)32-16-19-10-4-2-5-11-19)14-8-9-15-26-25(31)33-17-20-12-6-3-7-13-20/h2-7,10-13,21-22,28H,8-9,14-18H2,1H3,(H,26,31)(H,27,29)/t21-,22?/m0/s1. The fourth-order valence-corrected chi connectivity index (χ4v) is 3.48. The molecule has 9 heteroatoms. The van der Waals surface area contributed by atoms with E-state index in [-0.39, 0.29) is 19.0 Å². The molecule has 0 aliphatic rings. The van der Waals surface area contributed by atoms with Crippen molar-refractivity contribution in [1.82, 2.24) is 10.6 Å². The molecule has 0 aliphatic carbocycles. The summed E-state index contributed by atoms with van der Waals surface area (Å²) in [5, 5.41) is 15.2. The Morgan fingerprint density at radius 2 is 1.50 bits per heavy atom. The lowest BCUT2D eigenvalue weighted by Crippen LogP contribution is -2.46. The molecule has 0 aliphatic heterocycles. The first-order valence-corrected chi connectivity index (χ1v) is 12.5. The van der Waals surface area contributed by atoms with Gasteiger partial charge < -0.3 is 25.2 Å². The highest BCUT2D eigenvalue weighted by Gasteiger charge is 2.25. The number of benzene rings is 2. The summed E-state index contributed by atoms with van der Waals surface area (Å²) in [6.07, 6.45) is 1.48. The van der Waals surface area contributed by atoms with E-state index in [1.807, 2.05) is 60.7 Å². The van der Waals surface area contributed by atoms with Crippen LogP contribution in [0.25, 0.3) is 0 Å². The number of hydrogen-bond donors (Lipinski definition) is 3. The number of thioether (sulfide) groups is 1. The van der Waals surface area contributed by atoms with Crippen molar-refractivity contribution < 1.29 is 29.0 Å². The minimum absolute atomic E-state index is 0.0915. The van der Waals surface area contributed by atoms with Gasteiger partial charge in [0.1, 0.15) is 25.4 Å². The number of carbonyl (C=O) groups excluding carboxylic acids is 3. The smallest absolute Gasteiger partial charge is 0.407 e. The summed E-state index contributed by atoms with van der Waals surface area (Å²) in [6, 6.07) is 17.7. The van der Waals surface area contributed by atoms with Crippen LogP contribution in [0.1, 0.15) is 30.4 Å². The zero-order valence-electron chi connectivity index (χ0n) is 19.3. The van der Waals surface area contributed by atoms with Gasteiger partial charge in [0.25, 0.3) is 0 Å². The van der Waals surface area contributed by atoms with Crippen LogP contribution in [0.4, 0.5) is 4.79 Å². The van der Waals surface area contributed by atoms with Gasteiger partial charge in [0.2, 0.25) is 5.91 Å². The van der Waals surface area contributed by atoms with E-state index in [2.05, 4.69) is 10.6 Å². The highest BCUT2D eigenvalue weighted by atomic mass is 32.2. The van der Waals surface area contributed by atoms with Crippen molar-refractivity contribution in [2.24, 2.45) is 0 Å². The highest BCUT2D eigenvalue weighted by molar-refractivity contribution is 7.98. The van der Waals surface area contributed by atoms with E-state index in [9.17, 15) is 19.5 Å². The monoisotopic (exact) mass is 488 g/mol. The number of aliphatic hydroxyl groups excluding tert-OH is 1. The minimum Gasteiger partial charge on any atom is -0.459 e. The van der Waals surface area contributed by atoms with Crippen molar-refractivity contribution in [3.63, 3.8) is 0 Å². The van der Waals surface area contributed by atoms with E-state index >= 15 is 0 Å². The molecular formula is C25H32N2O6S. The molecule has 0 fully saturated rings. The Morgan fingerprint density at radius 3 is 2.09 bits per heavy atom. The molecular weight excluding hydrogens is 456 g/mol. The third-order valence-electron chi connectivity index (χ3n) is 4.85. The van der Waals surface area contributed by atoms with Crippen LogP contribution in [0.5, 0.6) is 0 Å². The quantitative estimate of drug-likeness (QED) is 0.277. The van der Waals surface area contributed by atoms with E-state index in [4.69, 9.17) is 9.47 Å². The number of nitrogens with one attached hydrogen (secondary N) is 2. The molecule has 0 heterocycles.